The summed E-state index contributed by atoms with van der Waals surface area (Å²) in [6, 6.07) is 11.8. The third-order valence-electron chi connectivity index (χ3n) is 5.59. The van der Waals surface area contributed by atoms with Gasteiger partial charge in [-0.15, -0.1) is 12.4 Å². The van der Waals surface area contributed by atoms with Crippen LogP contribution in [0.15, 0.2) is 52.3 Å². The molecule has 2 aromatic rings. The maximum absolute atomic E-state index is 13.3. The van der Waals surface area contributed by atoms with Crippen molar-refractivity contribution in [1.29, 1.82) is 0 Å². The van der Waals surface area contributed by atoms with Crippen LogP contribution in [0.1, 0.15) is 12.0 Å². The fraction of sp³-hybridized carbons (Fsp3) is 0.429. The summed E-state index contributed by atoms with van der Waals surface area (Å²) in [6.07, 6.45) is -3.55. The average Bonchev–Trinajstić information content (AvgIpc) is 2.67. The molecule has 0 saturated carbocycles. The van der Waals surface area contributed by atoms with E-state index >= 15 is 0 Å². The molecular formula is C21H25ClF3N3OS. The fourth-order valence-electron chi connectivity index (χ4n) is 3.85. The second-order valence-corrected chi connectivity index (χ2v) is 8.92. The Kier molecular flexibility index (Phi) is 6.94. The summed E-state index contributed by atoms with van der Waals surface area (Å²) in [5.41, 5.74) is 0.947. The van der Waals surface area contributed by atoms with Crippen molar-refractivity contribution in [2.75, 3.05) is 51.2 Å². The molecule has 1 saturated heterocycles. The third-order valence-corrected chi connectivity index (χ3v) is 6.72. The Bertz CT molecular complexity index is 884. The van der Waals surface area contributed by atoms with Crippen LogP contribution in [0.25, 0.3) is 0 Å². The highest BCUT2D eigenvalue weighted by atomic mass is 35.5. The van der Waals surface area contributed by atoms with Crippen LogP contribution in [0, 0.1) is 5.21 Å². The lowest BCUT2D eigenvalue weighted by Crippen LogP contribution is -2.53. The maximum Gasteiger partial charge on any atom is 0.416 e. The van der Waals surface area contributed by atoms with Gasteiger partial charge in [0.1, 0.15) is 0 Å². The molecule has 0 radical (unpaired) electrons. The molecule has 0 spiro atoms. The SMILES string of the molecule is C[N+]1([O-])CCN(CCCN2c3ccccc3Sc3ccc(C(F)(F)F)cc32)CC1.Cl. The average molecular weight is 460 g/mol. The van der Waals surface area contributed by atoms with E-state index in [1.165, 1.54) is 17.8 Å². The zero-order valence-electron chi connectivity index (χ0n) is 16.7. The summed E-state index contributed by atoms with van der Waals surface area (Å²) in [7, 11) is 1.70. The maximum atomic E-state index is 13.3. The molecule has 2 heterocycles. The summed E-state index contributed by atoms with van der Waals surface area (Å²) in [5, 5.41) is 12.0. The molecule has 0 bridgehead atoms. The van der Waals surface area contributed by atoms with E-state index in [0.717, 1.165) is 47.6 Å². The first kappa shape index (κ1) is 23.2. The van der Waals surface area contributed by atoms with Gasteiger partial charge in [-0.1, -0.05) is 23.9 Å². The molecule has 4 nitrogen and oxygen atoms in total. The zero-order valence-corrected chi connectivity index (χ0v) is 18.3. The molecule has 0 amide bonds. The molecule has 0 aliphatic carbocycles. The molecule has 2 aromatic carbocycles. The van der Waals surface area contributed by atoms with Gasteiger partial charge in [0.25, 0.3) is 0 Å². The molecule has 2 aliphatic rings. The normalized spacial score (nSPS) is 18.4. The molecule has 9 heteroatoms. The first-order valence-corrected chi connectivity index (χ1v) is 10.6. The van der Waals surface area contributed by atoms with Crippen molar-refractivity contribution < 1.29 is 17.8 Å². The molecule has 0 aromatic heterocycles. The van der Waals surface area contributed by atoms with E-state index < -0.39 is 11.7 Å². The molecule has 1 fully saturated rings. The largest absolute Gasteiger partial charge is 0.633 e. The van der Waals surface area contributed by atoms with E-state index in [4.69, 9.17) is 0 Å². The van der Waals surface area contributed by atoms with Crippen molar-refractivity contribution in [3.05, 3.63) is 53.2 Å². The molecular weight excluding hydrogens is 435 g/mol. The highest BCUT2D eigenvalue weighted by molar-refractivity contribution is 7.99. The van der Waals surface area contributed by atoms with Gasteiger partial charge in [0.2, 0.25) is 0 Å². The summed E-state index contributed by atoms with van der Waals surface area (Å²) >= 11 is 1.51. The number of nitrogens with zero attached hydrogens (tertiary/aromatic N) is 3. The minimum absolute atomic E-state index is 0. The van der Waals surface area contributed by atoms with Crippen molar-refractivity contribution in [3.8, 4) is 0 Å². The van der Waals surface area contributed by atoms with Gasteiger partial charge in [0, 0.05) is 36.0 Å². The van der Waals surface area contributed by atoms with Crippen LogP contribution < -0.4 is 4.90 Å². The molecule has 0 unspecified atom stereocenters. The van der Waals surface area contributed by atoms with Crippen LogP contribution >= 0.6 is 24.2 Å². The van der Waals surface area contributed by atoms with Gasteiger partial charge in [-0.3, -0.25) is 4.90 Å². The summed E-state index contributed by atoms with van der Waals surface area (Å²) in [5.74, 6) is 0. The summed E-state index contributed by atoms with van der Waals surface area (Å²) in [4.78, 5) is 6.18. The number of benzene rings is 2. The molecule has 0 N–H and O–H groups in total. The molecule has 2 aliphatic heterocycles. The number of hydroxylamine groups is 3. The van der Waals surface area contributed by atoms with Crippen molar-refractivity contribution in [3.63, 3.8) is 0 Å². The molecule has 30 heavy (non-hydrogen) atoms. The molecule has 4 rings (SSSR count). The van der Waals surface area contributed by atoms with E-state index in [-0.39, 0.29) is 17.1 Å². The quantitative estimate of drug-likeness (QED) is 0.453. The summed E-state index contributed by atoms with van der Waals surface area (Å²) < 4.78 is 39.6. The number of piperazine rings is 1. The van der Waals surface area contributed by atoms with Gasteiger partial charge in [-0.05, 0) is 36.8 Å². The van der Waals surface area contributed by atoms with Gasteiger partial charge < -0.3 is 14.8 Å². The predicted octanol–water partition coefficient (Wildman–Crippen LogP) is 5.38. The molecule has 164 valence electrons. The number of hydrogen-bond donors (Lipinski definition) is 0. The minimum Gasteiger partial charge on any atom is -0.633 e. The van der Waals surface area contributed by atoms with Crippen LogP contribution in [0.3, 0.4) is 0 Å². The number of likely N-dealkylation sites (N-methyl/N-ethyl adjacent to an activating group) is 1. The second-order valence-electron chi connectivity index (χ2n) is 7.84. The third kappa shape index (κ3) is 5.06. The predicted molar refractivity (Wildman–Crippen MR) is 117 cm³/mol. The van der Waals surface area contributed by atoms with Crippen LogP contribution in [0.4, 0.5) is 24.5 Å². The monoisotopic (exact) mass is 459 g/mol. The zero-order chi connectivity index (χ0) is 20.6. The minimum atomic E-state index is -4.36. The number of anilines is 2. The van der Waals surface area contributed by atoms with Crippen molar-refractivity contribution in [2.24, 2.45) is 0 Å². The van der Waals surface area contributed by atoms with E-state index in [2.05, 4.69) is 4.90 Å². The van der Waals surface area contributed by atoms with Crippen LogP contribution in [0.5, 0.6) is 0 Å². The van der Waals surface area contributed by atoms with E-state index in [1.54, 1.807) is 13.1 Å². The highest BCUT2D eigenvalue weighted by Crippen LogP contribution is 2.49. The van der Waals surface area contributed by atoms with E-state index in [0.29, 0.717) is 25.3 Å². The van der Waals surface area contributed by atoms with Gasteiger partial charge in [-0.25, -0.2) is 0 Å². The fourth-order valence-corrected chi connectivity index (χ4v) is 4.93. The van der Waals surface area contributed by atoms with Crippen LogP contribution in [-0.2, 0) is 6.18 Å². The summed E-state index contributed by atoms with van der Waals surface area (Å²) in [6.45, 7) is 4.16. The first-order valence-electron chi connectivity index (χ1n) is 9.76. The Balaban J connectivity index is 0.00000256. The number of halogens is 4. The lowest BCUT2D eigenvalue weighted by atomic mass is 10.1. The number of fused-ring (bicyclic) bond motifs is 2. The number of quaternary nitrogens is 1. The topological polar surface area (TPSA) is 29.5 Å². The van der Waals surface area contributed by atoms with Crippen molar-refractivity contribution in [2.45, 2.75) is 22.4 Å². The van der Waals surface area contributed by atoms with E-state index in [9.17, 15) is 18.4 Å². The lowest BCUT2D eigenvalue weighted by Gasteiger charge is -2.45. The Morgan fingerprint density at radius 3 is 2.37 bits per heavy atom. The van der Waals surface area contributed by atoms with Crippen molar-refractivity contribution in [1.82, 2.24) is 4.90 Å². The standard InChI is InChI=1S/C21H24F3N3OS.ClH/c1-27(28)13-11-25(12-14-27)9-4-10-26-17-5-2-3-6-19(17)29-20-8-7-16(15-18(20)26)21(22,23)24;/h2-3,5-8,15H,4,9-14H2,1H3;1H. The Morgan fingerprint density at radius 2 is 1.67 bits per heavy atom. The van der Waals surface area contributed by atoms with Crippen molar-refractivity contribution >= 4 is 35.5 Å². The van der Waals surface area contributed by atoms with Gasteiger partial charge in [0.05, 0.1) is 37.1 Å². The van der Waals surface area contributed by atoms with Gasteiger partial charge >= 0.3 is 6.18 Å². The van der Waals surface area contributed by atoms with Crippen LogP contribution in [-0.4, -0.2) is 55.9 Å². The lowest BCUT2D eigenvalue weighted by molar-refractivity contribution is -0.865. The Labute approximate surface area is 185 Å². The number of para-hydroxylation sites is 1. The smallest absolute Gasteiger partial charge is 0.416 e. The first-order chi connectivity index (χ1) is 13.7. The van der Waals surface area contributed by atoms with Gasteiger partial charge in [-0.2, -0.15) is 13.2 Å². The number of rotatable bonds is 4. The second kappa shape index (κ2) is 8.96. The molecule has 0 atom stereocenters. The van der Waals surface area contributed by atoms with Crippen LogP contribution in [0.2, 0.25) is 0 Å². The Hall–Kier alpha value is -1.45. The van der Waals surface area contributed by atoms with E-state index in [1.807, 2.05) is 29.2 Å². The Morgan fingerprint density at radius 1 is 1.00 bits per heavy atom. The van der Waals surface area contributed by atoms with Gasteiger partial charge in [0.15, 0.2) is 0 Å². The number of hydrogen-bond acceptors (Lipinski definition) is 4. The highest BCUT2D eigenvalue weighted by Gasteiger charge is 2.33. The number of alkyl halides is 3.